The second-order valence-electron chi connectivity index (χ2n) is 6.22. The zero-order chi connectivity index (χ0) is 15.4. The zero-order valence-corrected chi connectivity index (χ0v) is 12.7. The van der Waals surface area contributed by atoms with Gasteiger partial charge in [0, 0.05) is 19.0 Å². The van der Waals surface area contributed by atoms with Gasteiger partial charge in [-0.25, -0.2) is 4.39 Å². The monoisotopic (exact) mass is 306 g/mol. The predicted molar refractivity (Wildman–Crippen MR) is 81.9 cm³/mol. The highest BCUT2D eigenvalue weighted by atomic mass is 19.1. The fourth-order valence-electron chi connectivity index (χ4n) is 3.12. The Morgan fingerprint density at radius 1 is 1.36 bits per heavy atom. The number of carbonyl (C=O) groups is 1. The van der Waals surface area contributed by atoms with Crippen molar-refractivity contribution in [2.75, 3.05) is 19.8 Å². The molecular formula is C17H23FN2O2. The molecule has 1 aromatic rings. The third-order valence-electron chi connectivity index (χ3n) is 4.60. The number of ether oxygens (including phenoxy) is 1. The van der Waals surface area contributed by atoms with E-state index in [-0.39, 0.29) is 23.8 Å². The van der Waals surface area contributed by atoms with Gasteiger partial charge in [-0.2, -0.15) is 0 Å². The molecule has 2 aliphatic rings. The summed E-state index contributed by atoms with van der Waals surface area (Å²) >= 11 is 0. The summed E-state index contributed by atoms with van der Waals surface area (Å²) in [4.78, 5) is 12.3. The Labute approximate surface area is 130 Å². The fourth-order valence-corrected chi connectivity index (χ4v) is 3.12. The average molecular weight is 306 g/mol. The molecule has 1 heterocycles. The second kappa shape index (κ2) is 7.20. The van der Waals surface area contributed by atoms with Crippen LogP contribution in [0.15, 0.2) is 24.3 Å². The van der Waals surface area contributed by atoms with Crippen molar-refractivity contribution >= 4 is 5.91 Å². The van der Waals surface area contributed by atoms with Gasteiger partial charge >= 0.3 is 0 Å². The molecule has 1 aliphatic carbocycles. The van der Waals surface area contributed by atoms with Crippen molar-refractivity contribution < 1.29 is 13.9 Å². The number of rotatable bonds is 5. The summed E-state index contributed by atoms with van der Waals surface area (Å²) in [5.74, 6) is 0.250. The molecular weight excluding hydrogens is 283 g/mol. The van der Waals surface area contributed by atoms with Crippen LogP contribution in [0.2, 0.25) is 0 Å². The number of carbonyl (C=O) groups excluding carboxylic acids is 1. The number of hydrogen-bond acceptors (Lipinski definition) is 3. The number of morpholine rings is 1. The lowest BCUT2D eigenvalue weighted by Gasteiger charge is -2.35. The van der Waals surface area contributed by atoms with Crippen LogP contribution in [-0.4, -0.2) is 31.7 Å². The summed E-state index contributed by atoms with van der Waals surface area (Å²) < 4.78 is 18.5. The zero-order valence-electron chi connectivity index (χ0n) is 12.7. The van der Waals surface area contributed by atoms with E-state index >= 15 is 0 Å². The number of amides is 1. The maximum absolute atomic E-state index is 13.1. The van der Waals surface area contributed by atoms with Crippen molar-refractivity contribution in [2.24, 2.45) is 5.92 Å². The molecule has 120 valence electrons. The molecule has 4 nitrogen and oxygen atoms in total. The minimum atomic E-state index is -0.244. The Kier molecular flexibility index (Phi) is 5.05. The van der Waals surface area contributed by atoms with E-state index in [2.05, 4.69) is 10.6 Å². The SMILES string of the molecule is O=C(CC1COCCN1)NC(c1ccc(F)cc1)C1CCC1. The van der Waals surface area contributed by atoms with Crippen LogP contribution < -0.4 is 10.6 Å². The third kappa shape index (κ3) is 3.84. The molecule has 2 unspecified atom stereocenters. The first-order valence-electron chi connectivity index (χ1n) is 8.08. The molecule has 3 rings (SSSR count). The molecule has 0 aromatic heterocycles. The van der Waals surface area contributed by atoms with Crippen LogP contribution in [0.3, 0.4) is 0 Å². The van der Waals surface area contributed by atoms with Crippen LogP contribution in [0.1, 0.15) is 37.3 Å². The Morgan fingerprint density at radius 3 is 2.73 bits per heavy atom. The molecule has 0 radical (unpaired) electrons. The van der Waals surface area contributed by atoms with Gasteiger partial charge in [0.1, 0.15) is 5.82 Å². The van der Waals surface area contributed by atoms with E-state index in [1.165, 1.54) is 18.6 Å². The molecule has 2 atom stereocenters. The summed E-state index contributed by atoms with van der Waals surface area (Å²) in [5.41, 5.74) is 0.993. The van der Waals surface area contributed by atoms with Gasteiger partial charge in [-0.05, 0) is 36.5 Å². The molecule has 2 fully saturated rings. The van der Waals surface area contributed by atoms with E-state index in [0.29, 0.717) is 25.6 Å². The largest absolute Gasteiger partial charge is 0.378 e. The van der Waals surface area contributed by atoms with E-state index < -0.39 is 0 Å². The molecule has 0 spiro atoms. The summed E-state index contributed by atoms with van der Waals surface area (Å²) in [6.07, 6.45) is 3.86. The van der Waals surface area contributed by atoms with Gasteiger partial charge in [0.05, 0.1) is 19.3 Å². The van der Waals surface area contributed by atoms with Crippen molar-refractivity contribution in [3.8, 4) is 0 Å². The number of hydrogen-bond donors (Lipinski definition) is 2. The van der Waals surface area contributed by atoms with Gasteiger partial charge in [0.25, 0.3) is 0 Å². The Morgan fingerprint density at radius 2 is 2.14 bits per heavy atom. The van der Waals surface area contributed by atoms with Crippen LogP contribution in [-0.2, 0) is 9.53 Å². The van der Waals surface area contributed by atoms with Gasteiger partial charge in [-0.15, -0.1) is 0 Å². The Hall–Kier alpha value is -1.46. The first-order valence-corrected chi connectivity index (χ1v) is 8.08. The van der Waals surface area contributed by atoms with Crippen LogP contribution in [0.5, 0.6) is 0 Å². The smallest absolute Gasteiger partial charge is 0.222 e. The van der Waals surface area contributed by atoms with Gasteiger partial charge in [-0.3, -0.25) is 4.79 Å². The molecule has 2 N–H and O–H groups in total. The van der Waals surface area contributed by atoms with Crippen LogP contribution in [0.25, 0.3) is 0 Å². The van der Waals surface area contributed by atoms with Gasteiger partial charge < -0.3 is 15.4 Å². The van der Waals surface area contributed by atoms with Crippen molar-refractivity contribution in [1.82, 2.24) is 10.6 Å². The Bertz CT molecular complexity index is 496. The van der Waals surface area contributed by atoms with Gasteiger partial charge in [-0.1, -0.05) is 18.6 Å². The topological polar surface area (TPSA) is 50.4 Å². The predicted octanol–water partition coefficient (Wildman–Crippen LogP) is 2.16. The van der Waals surface area contributed by atoms with Crippen LogP contribution >= 0.6 is 0 Å². The molecule has 1 saturated heterocycles. The molecule has 0 bridgehead atoms. The summed E-state index contributed by atoms with van der Waals surface area (Å²) in [6.45, 7) is 2.08. The summed E-state index contributed by atoms with van der Waals surface area (Å²) in [7, 11) is 0. The molecule has 1 aliphatic heterocycles. The highest BCUT2D eigenvalue weighted by Crippen LogP contribution is 2.37. The Balaban J connectivity index is 1.62. The number of benzene rings is 1. The van der Waals surface area contributed by atoms with Gasteiger partial charge in [0.2, 0.25) is 5.91 Å². The van der Waals surface area contributed by atoms with Crippen molar-refractivity contribution in [3.05, 3.63) is 35.6 Å². The first-order chi connectivity index (χ1) is 10.7. The number of nitrogens with one attached hydrogen (secondary N) is 2. The normalized spacial score (nSPS) is 23.6. The first kappa shape index (κ1) is 15.4. The molecule has 5 heteroatoms. The maximum Gasteiger partial charge on any atom is 0.222 e. The third-order valence-corrected chi connectivity index (χ3v) is 4.60. The molecule has 1 aromatic carbocycles. The lowest BCUT2D eigenvalue weighted by molar-refractivity contribution is -0.123. The minimum Gasteiger partial charge on any atom is -0.378 e. The van der Waals surface area contributed by atoms with Crippen LogP contribution in [0.4, 0.5) is 4.39 Å². The van der Waals surface area contributed by atoms with E-state index in [1.807, 2.05) is 0 Å². The van der Waals surface area contributed by atoms with Gasteiger partial charge in [0.15, 0.2) is 0 Å². The van der Waals surface area contributed by atoms with Crippen molar-refractivity contribution in [1.29, 1.82) is 0 Å². The minimum absolute atomic E-state index is 0.00800. The standard InChI is InChI=1S/C17H23FN2O2/c18-14-6-4-13(5-7-14)17(12-2-1-3-12)20-16(21)10-15-11-22-9-8-19-15/h4-7,12,15,17,19H,1-3,8-11H2,(H,20,21). The lowest BCUT2D eigenvalue weighted by atomic mass is 9.77. The summed E-state index contributed by atoms with van der Waals surface area (Å²) in [6, 6.07) is 6.56. The van der Waals surface area contributed by atoms with E-state index in [4.69, 9.17) is 4.74 Å². The lowest BCUT2D eigenvalue weighted by Crippen LogP contribution is -2.45. The number of halogens is 1. The van der Waals surface area contributed by atoms with E-state index in [1.54, 1.807) is 12.1 Å². The molecule has 22 heavy (non-hydrogen) atoms. The van der Waals surface area contributed by atoms with E-state index in [9.17, 15) is 9.18 Å². The highest BCUT2D eigenvalue weighted by Gasteiger charge is 2.30. The molecule has 1 saturated carbocycles. The maximum atomic E-state index is 13.1. The second-order valence-corrected chi connectivity index (χ2v) is 6.22. The molecule has 1 amide bonds. The average Bonchev–Trinajstić information content (AvgIpc) is 2.46. The fraction of sp³-hybridized carbons (Fsp3) is 0.588. The van der Waals surface area contributed by atoms with Crippen LogP contribution in [0, 0.1) is 11.7 Å². The van der Waals surface area contributed by atoms with Crippen molar-refractivity contribution in [2.45, 2.75) is 37.8 Å². The van der Waals surface area contributed by atoms with E-state index in [0.717, 1.165) is 24.9 Å². The quantitative estimate of drug-likeness (QED) is 0.876. The highest BCUT2D eigenvalue weighted by molar-refractivity contribution is 5.77. The summed E-state index contributed by atoms with van der Waals surface area (Å²) in [5, 5.41) is 6.44. The van der Waals surface area contributed by atoms with Crippen molar-refractivity contribution in [3.63, 3.8) is 0 Å².